The zero-order valence-electron chi connectivity index (χ0n) is 16.6. The van der Waals surface area contributed by atoms with Crippen LogP contribution >= 0.6 is 0 Å². The average Bonchev–Trinajstić information content (AvgIpc) is 3.08. The third kappa shape index (κ3) is 3.69. The molecule has 8 nitrogen and oxygen atoms in total. The minimum absolute atomic E-state index is 0.000272. The number of hydrogen-bond acceptors (Lipinski definition) is 7. The van der Waals surface area contributed by atoms with Crippen molar-refractivity contribution in [2.75, 3.05) is 11.5 Å². The van der Waals surface area contributed by atoms with Crippen molar-refractivity contribution in [3.05, 3.63) is 65.2 Å². The Bertz CT molecular complexity index is 1400. The van der Waals surface area contributed by atoms with Crippen molar-refractivity contribution in [1.29, 1.82) is 5.26 Å². The number of fused-ring (bicyclic) bond motifs is 1. The number of aryl methyl sites for hydroxylation is 1. The number of nitrogen functional groups attached to an aromatic ring is 2. The van der Waals surface area contributed by atoms with Gasteiger partial charge in [-0.25, -0.2) is 4.98 Å². The van der Waals surface area contributed by atoms with E-state index in [1.54, 1.807) is 12.1 Å². The Morgan fingerprint density at radius 3 is 2.44 bits per heavy atom. The molecule has 0 aliphatic carbocycles. The van der Waals surface area contributed by atoms with Gasteiger partial charge in [-0.3, -0.25) is 0 Å². The van der Waals surface area contributed by atoms with Gasteiger partial charge >= 0.3 is 6.18 Å². The van der Waals surface area contributed by atoms with Crippen molar-refractivity contribution in [3.63, 3.8) is 0 Å². The van der Waals surface area contributed by atoms with Crippen LogP contribution in [-0.2, 0) is 6.18 Å². The number of nitrogens with two attached hydrogens (primary N) is 2. The number of halogens is 3. The maximum atomic E-state index is 12.9. The highest BCUT2D eigenvalue weighted by atomic mass is 19.4. The molecule has 0 atom stereocenters. The zero-order valence-corrected chi connectivity index (χ0v) is 16.6. The Kier molecular flexibility index (Phi) is 4.98. The summed E-state index contributed by atoms with van der Waals surface area (Å²) in [5.74, 6) is -0.0924. The molecular weight excluding hydrogens is 421 g/mol. The normalized spacial score (nSPS) is 11.8. The van der Waals surface area contributed by atoms with Gasteiger partial charge in [0.25, 0.3) is 0 Å². The summed E-state index contributed by atoms with van der Waals surface area (Å²) in [6.45, 7) is 1.92. The number of azo groups is 1. The topological polar surface area (TPSA) is 131 Å². The highest BCUT2D eigenvalue weighted by Crippen LogP contribution is 2.35. The number of nitrogens with zero attached hydrogens (tertiary/aromatic N) is 6. The van der Waals surface area contributed by atoms with Crippen LogP contribution in [0.2, 0.25) is 0 Å². The van der Waals surface area contributed by atoms with Crippen molar-refractivity contribution >= 4 is 28.7 Å². The molecule has 0 amide bonds. The first-order valence-electron chi connectivity index (χ1n) is 9.23. The lowest BCUT2D eigenvalue weighted by atomic mass is 10.1. The van der Waals surface area contributed by atoms with Crippen LogP contribution in [0, 0.1) is 18.3 Å². The minimum Gasteiger partial charge on any atom is -0.382 e. The van der Waals surface area contributed by atoms with Crippen LogP contribution in [0.5, 0.6) is 0 Å². The fourth-order valence-corrected chi connectivity index (χ4v) is 3.05. The van der Waals surface area contributed by atoms with Gasteiger partial charge in [-0.1, -0.05) is 35.9 Å². The first-order chi connectivity index (χ1) is 15.2. The summed E-state index contributed by atoms with van der Waals surface area (Å²) in [7, 11) is 0. The number of anilines is 2. The Morgan fingerprint density at radius 2 is 1.78 bits per heavy atom. The molecule has 11 heteroatoms. The van der Waals surface area contributed by atoms with Gasteiger partial charge in [0.15, 0.2) is 17.2 Å². The van der Waals surface area contributed by atoms with E-state index < -0.39 is 11.7 Å². The molecule has 32 heavy (non-hydrogen) atoms. The lowest BCUT2D eigenvalue weighted by molar-refractivity contribution is -0.137. The smallest absolute Gasteiger partial charge is 0.382 e. The summed E-state index contributed by atoms with van der Waals surface area (Å²) in [5.41, 5.74) is 13.4. The molecule has 2 heterocycles. The molecule has 0 saturated carbocycles. The Balaban J connectivity index is 1.86. The number of aromatic nitrogens is 3. The molecule has 0 aliphatic rings. The first kappa shape index (κ1) is 20.8. The zero-order chi connectivity index (χ0) is 23.0. The lowest BCUT2D eigenvalue weighted by Gasteiger charge is -2.08. The second-order valence-electron chi connectivity index (χ2n) is 6.92. The predicted molar refractivity (Wildman–Crippen MR) is 112 cm³/mol. The molecule has 2 aromatic carbocycles. The molecule has 0 unspecified atom stereocenters. The van der Waals surface area contributed by atoms with Crippen molar-refractivity contribution in [1.82, 2.24) is 14.6 Å². The minimum atomic E-state index is -4.51. The standard InChI is InChI=1S/C21H15F3N8/c1-11-5-7-12(8-6-11)16-15(10-25)19(27)32-20(28-16)17(18(26)31-32)30-29-14-4-2-3-13(9-14)21(22,23)24/h2-9H,27H2,1H3,(H2,26,31). The summed E-state index contributed by atoms with van der Waals surface area (Å²) >= 11 is 0. The van der Waals surface area contributed by atoms with Crippen molar-refractivity contribution in [2.45, 2.75) is 13.1 Å². The van der Waals surface area contributed by atoms with Crippen molar-refractivity contribution < 1.29 is 13.2 Å². The van der Waals surface area contributed by atoms with E-state index in [2.05, 4.69) is 20.3 Å². The van der Waals surface area contributed by atoms with Gasteiger partial charge in [0.2, 0.25) is 0 Å². The van der Waals surface area contributed by atoms with Gasteiger partial charge in [-0.15, -0.1) is 10.2 Å². The Labute approximate surface area is 179 Å². The molecule has 0 radical (unpaired) electrons. The molecular formula is C21H15F3N8. The molecule has 0 aliphatic heterocycles. The predicted octanol–water partition coefficient (Wildman–Crippen LogP) is 5.18. The second-order valence-corrected chi connectivity index (χ2v) is 6.92. The molecule has 4 aromatic rings. The number of benzene rings is 2. The van der Waals surface area contributed by atoms with E-state index in [-0.39, 0.29) is 34.2 Å². The summed E-state index contributed by atoms with van der Waals surface area (Å²) in [6.07, 6.45) is -4.51. The molecule has 160 valence electrons. The van der Waals surface area contributed by atoms with E-state index in [0.717, 1.165) is 22.2 Å². The molecule has 4 N–H and O–H groups in total. The van der Waals surface area contributed by atoms with E-state index in [9.17, 15) is 18.4 Å². The number of alkyl halides is 3. The SMILES string of the molecule is Cc1ccc(-c2nc3c(N=Nc4cccc(C(F)(F)F)c4)c(N)nn3c(N)c2C#N)cc1. The van der Waals surface area contributed by atoms with Crippen LogP contribution in [-0.4, -0.2) is 14.6 Å². The Hall–Kier alpha value is -4.46. The average molecular weight is 436 g/mol. The first-order valence-corrected chi connectivity index (χ1v) is 9.23. The van der Waals surface area contributed by atoms with Crippen molar-refractivity contribution in [2.24, 2.45) is 10.2 Å². The summed E-state index contributed by atoms with van der Waals surface area (Å²) in [4.78, 5) is 4.48. The maximum absolute atomic E-state index is 12.9. The van der Waals surface area contributed by atoms with Crippen LogP contribution < -0.4 is 11.5 Å². The molecule has 0 spiro atoms. The molecule has 4 rings (SSSR count). The lowest BCUT2D eigenvalue weighted by Crippen LogP contribution is -2.06. The van der Waals surface area contributed by atoms with Gasteiger partial charge in [-0.05, 0) is 25.1 Å². The fraction of sp³-hybridized carbons (Fsp3) is 0.0952. The third-order valence-corrected chi connectivity index (χ3v) is 4.68. The quantitative estimate of drug-likeness (QED) is 0.428. The van der Waals surface area contributed by atoms with E-state index in [1.807, 2.05) is 25.1 Å². The summed E-state index contributed by atoms with van der Waals surface area (Å²) in [5, 5.41) is 21.5. The number of hydrogen-bond donors (Lipinski definition) is 2. The van der Waals surface area contributed by atoms with Gasteiger partial charge in [0.1, 0.15) is 17.5 Å². The highest BCUT2D eigenvalue weighted by molar-refractivity contribution is 5.82. The third-order valence-electron chi connectivity index (χ3n) is 4.68. The van der Waals surface area contributed by atoms with Crippen molar-refractivity contribution in [3.8, 4) is 17.3 Å². The van der Waals surface area contributed by atoms with Crippen LogP contribution in [0.3, 0.4) is 0 Å². The summed E-state index contributed by atoms with van der Waals surface area (Å²) in [6, 6.07) is 13.7. The molecule has 2 aromatic heterocycles. The van der Waals surface area contributed by atoms with Gasteiger partial charge in [0, 0.05) is 5.56 Å². The molecule has 0 fully saturated rings. The number of rotatable bonds is 3. The number of nitriles is 1. The maximum Gasteiger partial charge on any atom is 0.416 e. The monoisotopic (exact) mass is 436 g/mol. The van der Waals surface area contributed by atoms with Gasteiger partial charge in [0.05, 0.1) is 16.9 Å². The summed E-state index contributed by atoms with van der Waals surface area (Å²) < 4.78 is 40.0. The fourth-order valence-electron chi connectivity index (χ4n) is 3.05. The van der Waals surface area contributed by atoms with E-state index in [4.69, 9.17) is 11.5 Å². The van der Waals surface area contributed by atoms with Gasteiger partial charge in [-0.2, -0.15) is 28.1 Å². The van der Waals surface area contributed by atoms with Crippen LogP contribution in [0.25, 0.3) is 16.9 Å². The van der Waals surface area contributed by atoms with E-state index >= 15 is 0 Å². The van der Waals surface area contributed by atoms with Crippen LogP contribution in [0.4, 0.5) is 36.2 Å². The van der Waals surface area contributed by atoms with E-state index in [1.165, 1.54) is 12.1 Å². The van der Waals surface area contributed by atoms with Gasteiger partial charge < -0.3 is 11.5 Å². The highest BCUT2D eigenvalue weighted by Gasteiger charge is 2.30. The largest absolute Gasteiger partial charge is 0.416 e. The second kappa shape index (κ2) is 7.66. The Morgan fingerprint density at radius 1 is 1.06 bits per heavy atom. The van der Waals surface area contributed by atoms with Crippen LogP contribution in [0.1, 0.15) is 16.7 Å². The molecule has 0 bridgehead atoms. The van der Waals surface area contributed by atoms with Crippen LogP contribution in [0.15, 0.2) is 58.8 Å². The van der Waals surface area contributed by atoms with E-state index in [0.29, 0.717) is 11.3 Å². The molecule has 0 saturated heterocycles.